The van der Waals surface area contributed by atoms with Gasteiger partial charge >= 0.3 is 6.18 Å². The second-order valence-corrected chi connectivity index (χ2v) is 3.71. The Bertz CT molecular complexity index is 327. The molecular weight excluding hydrogens is 225 g/mol. The normalized spacial score (nSPS) is 13.6. The van der Waals surface area contributed by atoms with Gasteiger partial charge in [0.25, 0.3) is 0 Å². The second kappa shape index (κ2) is 4.71. The van der Waals surface area contributed by atoms with E-state index in [0.29, 0.717) is 6.42 Å². The van der Waals surface area contributed by atoms with Crippen LogP contribution in [0.2, 0.25) is 0 Å². The lowest BCUT2D eigenvalue weighted by atomic mass is 10.1. The van der Waals surface area contributed by atoms with Crippen molar-refractivity contribution in [2.75, 3.05) is 0 Å². The monoisotopic (exact) mass is 234 g/mol. The lowest BCUT2D eigenvalue weighted by molar-refractivity contribution is -0.137. The Labute approximate surface area is 91.4 Å². The first-order chi connectivity index (χ1) is 6.93. The van der Waals surface area contributed by atoms with Gasteiger partial charge in [-0.05, 0) is 24.1 Å². The number of hydrogen-bond acceptors (Lipinski definition) is 0. The van der Waals surface area contributed by atoms with E-state index in [-0.39, 0.29) is 5.38 Å². The minimum atomic E-state index is -4.28. The van der Waals surface area contributed by atoms with E-state index in [9.17, 15) is 13.2 Å². The summed E-state index contributed by atoms with van der Waals surface area (Å²) >= 11 is 5.79. The van der Waals surface area contributed by atoms with Crippen molar-refractivity contribution in [3.63, 3.8) is 0 Å². The summed E-state index contributed by atoms with van der Waals surface area (Å²) in [6.45, 7) is 3.50. The van der Waals surface area contributed by atoms with Crippen LogP contribution >= 0.6 is 11.6 Å². The molecule has 0 radical (unpaired) electrons. The third-order valence-corrected chi connectivity index (χ3v) is 2.30. The van der Waals surface area contributed by atoms with Crippen LogP contribution in [0.3, 0.4) is 0 Å². The topological polar surface area (TPSA) is 0 Å². The van der Waals surface area contributed by atoms with Crippen molar-refractivity contribution in [2.45, 2.75) is 18.0 Å². The highest BCUT2D eigenvalue weighted by atomic mass is 35.5. The van der Waals surface area contributed by atoms with E-state index >= 15 is 0 Å². The zero-order chi connectivity index (χ0) is 11.5. The molecule has 1 unspecified atom stereocenters. The van der Waals surface area contributed by atoms with Gasteiger partial charge in [-0.2, -0.15) is 13.2 Å². The fourth-order valence-corrected chi connectivity index (χ4v) is 1.32. The van der Waals surface area contributed by atoms with Crippen molar-refractivity contribution in [3.05, 3.63) is 48.0 Å². The first-order valence-electron chi connectivity index (χ1n) is 4.36. The highest BCUT2D eigenvalue weighted by molar-refractivity contribution is 6.21. The number of halogens is 4. The summed E-state index contributed by atoms with van der Waals surface area (Å²) in [5.41, 5.74) is 0.124. The molecule has 0 aliphatic carbocycles. The van der Waals surface area contributed by atoms with Gasteiger partial charge in [0.2, 0.25) is 0 Å². The van der Waals surface area contributed by atoms with Gasteiger partial charge in [0.15, 0.2) is 0 Å². The molecule has 0 fully saturated rings. The SMILES string of the molecule is C=CC(Cl)Cc1ccc(C(F)(F)F)cc1. The molecule has 82 valence electrons. The average Bonchev–Trinajstić information content (AvgIpc) is 2.17. The number of allylic oxidation sites excluding steroid dienone is 1. The maximum absolute atomic E-state index is 12.2. The van der Waals surface area contributed by atoms with Gasteiger partial charge in [-0.1, -0.05) is 18.2 Å². The zero-order valence-corrected chi connectivity index (χ0v) is 8.65. The molecule has 0 bridgehead atoms. The molecule has 0 spiro atoms. The Balaban J connectivity index is 2.77. The lowest BCUT2D eigenvalue weighted by Crippen LogP contribution is -2.05. The summed E-state index contributed by atoms with van der Waals surface area (Å²) in [7, 11) is 0. The van der Waals surface area contributed by atoms with Gasteiger partial charge in [-0.25, -0.2) is 0 Å². The quantitative estimate of drug-likeness (QED) is 0.547. The van der Waals surface area contributed by atoms with E-state index in [1.165, 1.54) is 12.1 Å². The largest absolute Gasteiger partial charge is 0.416 e. The highest BCUT2D eigenvalue weighted by Crippen LogP contribution is 2.29. The van der Waals surface area contributed by atoms with Crippen molar-refractivity contribution in [2.24, 2.45) is 0 Å². The first-order valence-corrected chi connectivity index (χ1v) is 4.80. The van der Waals surface area contributed by atoms with Crippen LogP contribution in [0.1, 0.15) is 11.1 Å². The van der Waals surface area contributed by atoms with Crippen LogP contribution in [0, 0.1) is 0 Å². The third-order valence-electron chi connectivity index (χ3n) is 1.97. The summed E-state index contributed by atoms with van der Waals surface area (Å²) < 4.78 is 36.6. The van der Waals surface area contributed by atoms with Crippen molar-refractivity contribution < 1.29 is 13.2 Å². The van der Waals surface area contributed by atoms with Gasteiger partial charge < -0.3 is 0 Å². The molecule has 4 heteroatoms. The number of benzene rings is 1. The molecular formula is C11H10ClF3. The first kappa shape index (κ1) is 12.1. The van der Waals surface area contributed by atoms with E-state index < -0.39 is 11.7 Å². The highest BCUT2D eigenvalue weighted by Gasteiger charge is 2.29. The van der Waals surface area contributed by atoms with Crippen LogP contribution in [0.15, 0.2) is 36.9 Å². The predicted octanol–water partition coefficient (Wildman–Crippen LogP) is 4.04. The predicted molar refractivity (Wildman–Crippen MR) is 55.0 cm³/mol. The number of alkyl halides is 4. The van der Waals surface area contributed by atoms with Crippen molar-refractivity contribution in [1.82, 2.24) is 0 Å². The fraction of sp³-hybridized carbons (Fsp3) is 0.273. The molecule has 0 heterocycles. The van der Waals surface area contributed by atoms with E-state index in [4.69, 9.17) is 11.6 Å². The summed E-state index contributed by atoms with van der Waals surface area (Å²) in [5, 5.41) is -0.248. The maximum Gasteiger partial charge on any atom is 0.416 e. The molecule has 1 rings (SSSR count). The van der Waals surface area contributed by atoms with Crippen molar-refractivity contribution >= 4 is 11.6 Å². The lowest BCUT2D eigenvalue weighted by Gasteiger charge is -2.08. The molecule has 0 saturated carbocycles. The summed E-state index contributed by atoms with van der Waals surface area (Å²) in [5.74, 6) is 0. The zero-order valence-electron chi connectivity index (χ0n) is 7.89. The van der Waals surface area contributed by atoms with Gasteiger partial charge in [0, 0.05) is 0 Å². The standard InChI is InChI=1S/C11H10ClF3/c1-2-10(12)7-8-3-5-9(6-4-8)11(13,14)15/h2-6,10H,1,7H2. The van der Waals surface area contributed by atoms with Crippen molar-refractivity contribution in [1.29, 1.82) is 0 Å². The molecule has 0 amide bonds. The number of hydrogen-bond donors (Lipinski definition) is 0. The van der Waals surface area contributed by atoms with Gasteiger partial charge in [0.1, 0.15) is 0 Å². The molecule has 1 aromatic carbocycles. The average molecular weight is 235 g/mol. The van der Waals surface area contributed by atoms with Crippen LogP contribution < -0.4 is 0 Å². The third kappa shape index (κ3) is 3.59. The maximum atomic E-state index is 12.2. The van der Waals surface area contributed by atoms with Crippen LogP contribution in [-0.4, -0.2) is 5.38 Å². The minimum Gasteiger partial charge on any atom is -0.166 e. The van der Waals surface area contributed by atoms with Crippen LogP contribution in [0.5, 0.6) is 0 Å². The van der Waals surface area contributed by atoms with E-state index in [1.807, 2.05) is 0 Å². The molecule has 1 aromatic rings. The molecule has 0 N–H and O–H groups in total. The van der Waals surface area contributed by atoms with Crippen LogP contribution in [0.4, 0.5) is 13.2 Å². The Hall–Kier alpha value is -0.960. The van der Waals surface area contributed by atoms with E-state index in [1.54, 1.807) is 6.08 Å². The van der Waals surface area contributed by atoms with Gasteiger partial charge in [0.05, 0.1) is 10.9 Å². The minimum absolute atomic E-state index is 0.248. The van der Waals surface area contributed by atoms with E-state index in [0.717, 1.165) is 17.7 Å². The Morgan fingerprint density at radius 3 is 2.20 bits per heavy atom. The molecule has 1 atom stereocenters. The molecule has 0 aliphatic rings. The molecule has 0 nitrogen and oxygen atoms in total. The molecule has 0 aliphatic heterocycles. The van der Waals surface area contributed by atoms with Crippen molar-refractivity contribution in [3.8, 4) is 0 Å². The van der Waals surface area contributed by atoms with E-state index in [2.05, 4.69) is 6.58 Å². The van der Waals surface area contributed by atoms with Crippen LogP contribution in [0.25, 0.3) is 0 Å². The summed E-state index contributed by atoms with van der Waals surface area (Å²) in [6.07, 6.45) is -2.24. The fourth-order valence-electron chi connectivity index (χ4n) is 1.14. The molecule has 0 aromatic heterocycles. The summed E-state index contributed by atoms with van der Waals surface area (Å²) in [4.78, 5) is 0. The Kier molecular flexibility index (Phi) is 3.80. The Morgan fingerprint density at radius 2 is 1.80 bits per heavy atom. The number of rotatable bonds is 3. The van der Waals surface area contributed by atoms with Gasteiger partial charge in [-0.3, -0.25) is 0 Å². The van der Waals surface area contributed by atoms with Gasteiger partial charge in [-0.15, -0.1) is 18.2 Å². The molecule has 0 saturated heterocycles. The summed E-state index contributed by atoms with van der Waals surface area (Å²) in [6, 6.07) is 4.98. The van der Waals surface area contributed by atoms with Crippen LogP contribution in [-0.2, 0) is 12.6 Å². The second-order valence-electron chi connectivity index (χ2n) is 3.15. The molecule has 15 heavy (non-hydrogen) atoms. The Morgan fingerprint density at radius 1 is 1.27 bits per heavy atom. The smallest absolute Gasteiger partial charge is 0.166 e.